The van der Waals surface area contributed by atoms with Crippen LogP contribution in [0.1, 0.15) is 34.1 Å². The fraction of sp³-hybridized carbons (Fsp3) is 0.688. The Balaban J connectivity index is 3.66. The van der Waals surface area contributed by atoms with Crippen LogP contribution < -0.4 is 0 Å². The second-order valence-corrected chi connectivity index (χ2v) is 9.37. The molecule has 0 fully saturated rings. The van der Waals surface area contributed by atoms with E-state index in [2.05, 4.69) is 0 Å². The molecule has 0 saturated carbocycles. The summed E-state index contributed by atoms with van der Waals surface area (Å²) in [4.78, 5) is 12.3. The van der Waals surface area contributed by atoms with Gasteiger partial charge in [0, 0.05) is 0 Å². The number of ether oxygens (including phenoxy) is 1. The van der Waals surface area contributed by atoms with Crippen molar-refractivity contribution in [2.45, 2.75) is 39.8 Å². The van der Waals surface area contributed by atoms with Gasteiger partial charge in [0.05, 0.1) is 50.1 Å². The van der Waals surface area contributed by atoms with Crippen molar-refractivity contribution in [1.82, 2.24) is 0 Å². The Bertz CT molecular complexity index is 620. The Morgan fingerprint density at radius 2 is 1.50 bits per heavy atom. The molecule has 0 amide bonds. The molecule has 0 aromatic rings. The number of rotatable bonds is 11. The van der Waals surface area contributed by atoms with Crippen LogP contribution in [0.15, 0.2) is 23.0 Å². The molecule has 1 aliphatic rings. The summed E-state index contributed by atoms with van der Waals surface area (Å²) in [6, 6.07) is 0. The van der Waals surface area contributed by atoms with E-state index in [-0.39, 0.29) is 43.7 Å². The van der Waals surface area contributed by atoms with Crippen molar-refractivity contribution < 1.29 is 36.8 Å². The minimum atomic E-state index is -3.92. The maximum Gasteiger partial charge on any atom is 0.359 e. The number of hydrogen-bond donors (Lipinski definition) is 0. The fourth-order valence-electron chi connectivity index (χ4n) is 2.68. The second-order valence-electron chi connectivity index (χ2n) is 5.15. The van der Waals surface area contributed by atoms with E-state index in [1.807, 2.05) is 0 Å². The topological polar surface area (TPSA) is 97.4 Å². The summed E-state index contributed by atoms with van der Waals surface area (Å²) in [6.07, 6.45) is 3.33. The molecule has 8 nitrogen and oxygen atoms in total. The Labute approximate surface area is 154 Å². The summed E-state index contributed by atoms with van der Waals surface area (Å²) >= 11 is 0. The van der Waals surface area contributed by atoms with Crippen LogP contribution in [0.25, 0.3) is 0 Å². The summed E-state index contributed by atoms with van der Waals surface area (Å²) in [5, 5.41) is -0.0132. The van der Waals surface area contributed by atoms with Gasteiger partial charge < -0.3 is 22.8 Å². The fourth-order valence-corrected chi connectivity index (χ4v) is 7.46. The second kappa shape index (κ2) is 10.5. The first-order valence-corrected chi connectivity index (χ1v) is 11.8. The molecule has 0 radical (unpaired) electrons. The van der Waals surface area contributed by atoms with Crippen molar-refractivity contribution >= 4 is 21.2 Å². The van der Waals surface area contributed by atoms with Crippen LogP contribution in [-0.2, 0) is 36.8 Å². The number of hydrogen-bond acceptors (Lipinski definition) is 8. The summed E-state index contributed by atoms with van der Waals surface area (Å²) in [7, 11) is -6.44. The number of carbonyl (C=O) groups is 1. The molecule has 0 aromatic carbocycles. The highest BCUT2D eigenvalue weighted by Gasteiger charge is 2.49. The van der Waals surface area contributed by atoms with Crippen molar-refractivity contribution in [3.05, 3.63) is 23.0 Å². The summed E-state index contributed by atoms with van der Waals surface area (Å²) < 4.78 is 53.4. The highest BCUT2D eigenvalue weighted by Crippen LogP contribution is 2.69. The largest absolute Gasteiger partial charge is 0.465 e. The van der Waals surface area contributed by atoms with Crippen LogP contribution in [0.3, 0.4) is 0 Å². The van der Waals surface area contributed by atoms with Gasteiger partial charge in [-0.05, 0) is 34.1 Å². The number of allylic oxidation sites excluding steroid dienone is 2. The lowest BCUT2D eigenvalue weighted by Gasteiger charge is -2.33. The van der Waals surface area contributed by atoms with Crippen LogP contribution in [0.5, 0.6) is 0 Å². The molecule has 0 heterocycles. The molecule has 0 N–H and O–H groups in total. The highest BCUT2D eigenvalue weighted by atomic mass is 31.2. The number of carbonyl (C=O) groups excluding carboxylic acids is 1. The maximum absolute atomic E-state index is 13.5. The van der Waals surface area contributed by atoms with E-state index < -0.39 is 26.8 Å². The number of methoxy groups -OCH3 is 1. The lowest BCUT2D eigenvalue weighted by molar-refractivity contribution is -0.135. The van der Waals surface area contributed by atoms with Crippen molar-refractivity contribution in [2.75, 3.05) is 33.5 Å². The van der Waals surface area contributed by atoms with E-state index in [1.54, 1.807) is 33.8 Å². The molecule has 1 unspecified atom stereocenters. The Hall–Kier alpha value is -0.750. The van der Waals surface area contributed by atoms with Crippen LogP contribution in [0, 0.1) is 0 Å². The van der Waals surface area contributed by atoms with Crippen LogP contribution in [-0.4, -0.2) is 45.2 Å². The maximum atomic E-state index is 13.5. The molecule has 0 spiro atoms. The number of esters is 1. The molecule has 0 saturated heterocycles. The Kier molecular flexibility index (Phi) is 9.45. The Morgan fingerprint density at radius 3 is 1.92 bits per heavy atom. The third-order valence-electron chi connectivity index (χ3n) is 3.53. The Morgan fingerprint density at radius 1 is 1.00 bits per heavy atom. The van der Waals surface area contributed by atoms with Gasteiger partial charge in [-0.25, -0.2) is 4.79 Å². The van der Waals surface area contributed by atoms with Gasteiger partial charge in [-0.3, -0.25) is 9.13 Å². The van der Waals surface area contributed by atoms with Gasteiger partial charge >= 0.3 is 21.2 Å². The molecule has 26 heavy (non-hydrogen) atoms. The van der Waals surface area contributed by atoms with Gasteiger partial charge in [-0.1, -0.05) is 12.2 Å². The van der Waals surface area contributed by atoms with E-state index in [9.17, 15) is 13.9 Å². The van der Waals surface area contributed by atoms with Gasteiger partial charge in [0.25, 0.3) is 0 Å². The standard InChI is InChI=1S/C16H28O8P2/c1-6-21-25(18,22-7-2)14-12-10-11-13(16(17)20-5)15(14)26(19,23-8-3)24-9-4/h10-11,14H,6-9,12H2,1-5H3. The van der Waals surface area contributed by atoms with Gasteiger partial charge in [0.1, 0.15) is 0 Å². The first-order chi connectivity index (χ1) is 12.3. The zero-order valence-electron chi connectivity index (χ0n) is 15.9. The van der Waals surface area contributed by atoms with Gasteiger partial charge in [-0.15, -0.1) is 0 Å². The molecular weight excluding hydrogens is 382 g/mol. The molecule has 1 rings (SSSR count). The van der Waals surface area contributed by atoms with Gasteiger partial charge in [0.2, 0.25) is 0 Å². The third kappa shape index (κ3) is 5.16. The molecule has 0 bridgehead atoms. The smallest absolute Gasteiger partial charge is 0.359 e. The van der Waals surface area contributed by atoms with E-state index >= 15 is 0 Å². The average molecular weight is 410 g/mol. The summed E-state index contributed by atoms with van der Waals surface area (Å²) in [5.41, 5.74) is -0.973. The highest BCUT2D eigenvalue weighted by molar-refractivity contribution is 7.62. The minimum Gasteiger partial charge on any atom is -0.465 e. The average Bonchev–Trinajstić information content (AvgIpc) is 2.61. The van der Waals surface area contributed by atoms with Crippen molar-refractivity contribution in [1.29, 1.82) is 0 Å². The molecule has 150 valence electrons. The van der Waals surface area contributed by atoms with Crippen LogP contribution in [0.4, 0.5) is 0 Å². The molecule has 0 aromatic heterocycles. The predicted molar refractivity (Wildman–Crippen MR) is 98.3 cm³/mol. The van der Waals surface area contributed by atoms with Crippen molar-refractivity contribution in [3.63, 3.8) is 0 Å². The summed E-state index contributed by atoms with van der Waals surface area (Å²) in [5.74, 6) is -0.722. The monoisotopic (exact) mass is 410 g/mol. The molecule has 0 aliphatic heterocycles. The van der Waals surface area contributed by atoms with E-state index in [0.717, 1.165) is 0 Å². The molecule has 1 atom stereocenters. The first-order valence-electron chi connectivity index (χ1n) is 8.60. The molecule has 10 heteroatoms. The first kappa shape index (κ1) is 23.3. The molecular formula is C16H28O8P2. The van der Waals surface area contributed by atoms with E-state index in [1.165, 1.54) is 13.2 Å². The SMILES string of the molecule is CCOP(=O)(OCC)C1=C(C(=O)OC)C=CCC1P(=O)(OCC)OCC. The normalized spacial score (nSPS) is 18.3. The van der Waals surface area contributed by atoms with Gasteiger partial charge in [-0.2, -0.15) is 0 Å². The summed E-state index contributed by atoms with van der Waals surface area (Å²) in [6.45, 7) is 7.10. The van der Waals surface area contributed by atoms with E-state index in [0.29, 0.717) is 0 Å². The third-order valence-corrected chi connectivity index (χ3v) is 8.54. The van der Waals surface area contributed by atoms with Crippen LogP contribution >= 0.6 is 15.2 Å². The zero-order valence-corrected chi connectivity index (χ0v) is 17.7. The van der Waals surface area contributed by atoms with Gasteiger partial charge in [0.15, 0.2) is 0 Å². The van der Waals surface area contributed by atoms with Crippen molar-refractivity contribution in [3.8, 4) is 0 Å². The minimum absolute atomic E-state index is 0.00591. The van der Waals surface area contributed by atoms with Crippen LogP contribution in [0.2, 0.25) is 0 Å². The predicted octanol–water partition coefficient (Wildman–Crippen LogP) is 4.27. The zero-order chi connectivity index (χ0) is 19.8. The molecule has 1 aliphatic carbocycles. The quantitative estimate of drug-likeness (QED) is 0.368. The lowest BCUT2D eigenvalue weighted by atomic mass is 10.1. The lowest BCUT2D eigenvalue weighted by Crippen LogP contribution is -2.23. The van der Waals surface area contributed by atoms with E-state index in [4.69, 9.17) is 22.8 Å². The van der Waals surface area contributed by atoms with Crippen molar-refractivity contribution in [2.24, 2.45) is 0 Å².